The summed E-state index contributed by atoms with van der Waals surface area (Å²) in [5.41, 5.74) is 0.925. The van der Waals surface area contributed by atoms with E-state index < -0.39 is 12.2 Å². The third kappa shape index (κ3) is 3.06. The van der Waals surface area contributed by atoms with Gasteiger partial charge in [-0.05, 0) is 23.3 Å². The zero-order chi connectivity index (χ0) is 11.4. The SMILES string of the molecule is OCc1cc(Cl)ccc1C(O)C(O)CCl. The van der Waals surface area contributed by atoms with Gasteiger partial charge in [-0.15, -0.1) is 11.6 Å². The topological polar surface area (TPSA) is 60.7 Å². The van der Waals surface area contributed by atoms with Gasteiger partial charge in [-0.2, -0.15) is 0 Å². The highest BCUT2D eigenvalue weighted by atomic mass is 35.5. The average Bonchev–Trinajstić information content (AvgIpc) is 2.26. The van der Waals surface area contributed by atoms with Crippen molar-refractivity contribution in [2.24, 2.45) is 0 Å². The molecular formula is C10H12Cl2O3. The Hall–Kier alpha value is -0.320. The molecule has 2 unspecified atom stereocenters. The maximum absolute atomic E-state index is 9.70. The first-order valence-corrected chi connectivity index (χ1v) is 5.32. The van der Waals surface area contributed by atoms with E-state index >= 15 is 0 Å². The molecule has 15 heavy (non-hydrogen) atoms. The summed E-state index contributed by atoms with van der Waals surface area (Å²) in [6.45, 7) is -0.248. The Morgan fingerprint density at radius 3 is 2.47 bits per heavy atom. The Morgan fingerprint density at radius 1 is 1.27 bits per heavy atom. The second kappa shape index (κ2) is 5.68. The molecule has 0 saturated carbocycles. The molecule has 0 saturated heterocycles. The van der Waals surface area contributed by atoms with Crippen LogP contribution in [0.15, 0.2) is 18.2 Å². The van der Waals surface area contributed by atoms with E-state index in [1.54, 1.807) is 18.2 Å². The van der Waals surface area contributed by atoms with Crippen LogP contribution in [0.25, 0.3) is 0 Å². The molecule has 2 atom stereocenters. The van der Waals surface area contributed by atoms with Gasteiger partial charge in [-0.1, -0.05) is 17.7 Å². The molecule has 5 heteroatoms. The van der Waals surface area contributed by atoms with Crippen LogP contribution in [-0.2, 0) is 6.61 Å². The summed E-state index contributed by atoms with van der Waals surface area (Å²) < 4.78 is 0. The highest BCUT2D eigenvalue weighted by Crippen LogP contribution is 2.24. The molecule has 0 bridgehead atoms. The zero-order valence-corrected chi connectivity index (χ0v) is 9.41. The molecule has 0 heterocycles. The van der Waals surface area contributed by atoms with Crippen LogP contribution in [0.2, 0.25) is 5.02 Å². The van der Waals surface area contributed by atoms with Crippen LogP contribution in [0, 0.1) is 0 Å². The molecule has 3 nitrogen and oxygen atoms in total. The third-order valence-electron chi connectivity index (χ3n) is 2.12. The van der Waals surface area contributed by atoms with Crippen molar-refractivity contribution in [3.05, 3.63) is 34.3 Å². The molecular weight excluding hydrogens is 239 g/mol. The molecule has 0 spiro atoms. The number of aliphatic hydroxyl groups excluding tert-OH is 3. The standard InChI is InChI=1S/C10H12Cl2O3/c11-4-9(14)10(15)8-2-1-7(12)3-6(8)5-13/h1-3,9-10,13-15H,4-5H2. The molecule has 0 fully saturated rings. The summed E-state index contributed by atoms with van der Waals surface area (Å²) in [4.78, 5) is 0. The Morgan fingerprint density at radius 2 is 1.93 bits per heavy atom. The number of halogens is 2. The minimum absolute atomic E-state index is 0.0747. The van der Waals surface area contributed by atoms with Crippen molar-refractivity contribution in [2.75, 3.05) is 5.88 Å². The maximum Gasteiger partial charge on any atom is 0.106 e. The molecule has 0 amide bonds. The van der Waals surface area contributed by atoms with Crippen LogP contribution in [0.4, 0.5) is 0 Å². The van der Waals surface area contributed by atoms with E-state index in [-0.39, 0.29) is 12.5 Å². The molecule has 0 aliphatic heterocycles. The van der Waals surface area contributed by atoms with Gasteiger partial charge >= 0.3 is 0 Å². The third-order valence-corrected chi connectivity index (χ3v) is 2.67. The summed E-state index contributed by atoms with van der Waals surface area (Å²) in [6.07, 6.45) is -2.17. The Bertz CT molecular complexity index is 330. The van der Waals surface area contributed by atoms with E-state index in [0.29, 0.717) is 16.1 Å². The van der Waals surface area contributed by atoms with E-state index in [1.807, 2.05) is 0 Å². The molecule has 0 aliphatic rings. The van der Waals surface area contributed by atoms with Crippen LogP contribution in [0.1, 0.15) is 17.2 Å². The van der Waals surface area contributed by atoms with Crippen molar-refractivity contribution in [3.8, 4) is 0 Å². The first kappa shape index (κ1) is 12.7. The van der Waals surface area contributed by atoms with E-state index in [1.165, 1.54) is 0 Å². The Labute approximate surface area is 97.9 Å². The lowest BCUT2D eigenvalue weighted by molar-refractivity contribution is 0.0314. The van der Waals surface area contributed by atoms with Crippen LogP contribution < -0.4 is 0 Å². The lowest BCUT2D eigenvalue weighted by Crippen LogP contribution is -2.20. The number of alkyl halides is 1. The summed E-state index contributed by atoms with van der Waals surface area (Å²) in [7, 11) is 0. The molecule has 0 aliphatic carbocycles. The fourth-order valence-corrected chi connectivity index (χ4v) is 1.65. The minimum Gasteiger partial charge on any atom is -0.392 e. The van der Waals surface area contributed by atoms with Gasteiger partial charge in [0, 0.05) is 5.02 Å². The molecule has 0 radical (unpaired) electrons. The van der Waals surface area contributed by atoms with Crippen molar-refractivity contribution in [3.63, 3.8) is 0 Å². The van der Waals surface area contributed by atoms with Crippen molar-refractivity contribution in [2.45, 2.75) is 18.8 Å². The normalized spacial score (nSPS) is 15.0. The fourth-order valence-electron chi connectivity index (χ4n) is 1.29. The molecule has 1 aromatic carbocycles. The summed E-state index contributed by atoms with van der Waals surface area (Å²) in [6, 6.07) is 4.69. The highest BCUT2D eigenvalue weighted by Gasteiger charge is 2.20. The molecule has 3 N–H and O–H groups in total. The van der Waals surface area contributed by atoms with E-state index in [0.717, 1.165) is 0 Å². The highest BCUT2D eigenvalue weighted by molar-refractivity contribution is 6.30. The number of benzene rings is 1. The lowest BCUT2D eigenvalue weighted by Gasteiger charge is -2.18. The quantitative estimate of drug-likeness (QED) is 0.710. The van der Waals surface area contributed by atoms with Gasteiger partial charge in [0.25, 0.3) is 0 Å². The zero-order valence-electron chi connectivity index (χ0n) is 7.90. The van der Waals surface area contributed by atoms with Crippen molar-refractivity contribution in [1.82, 2.24) is 0 Å². The molecule has 84 valence electrons. The number of hydrogen-bond acceptors (Lipinski definition) is 3. The van der Waals surface area contributed by atoms with Gasteiger partial charge in [0.1, 0.15) is 6.10 Å². The van der Waals surface area contributed by atoms with Gasteiger partial charge in [0.05, 0.1) is 18.6 Å². The van der Waals surface area contributed by atoms with E-state index in [9.17, 15) is 10.2 Å². The van der Waals surface area contributed by atoms with Gasteiger partial charge in [0.2, 0.25) is 0 Å². The monoisotopic (exact) mass is 250 g/mol. The van der Waals surface area contributed by atoms with Gasteiger partial charge in [-0.25, -0.2) is 0 Å². The lowest BCUT2D eigenvalue weighted by atomic mass is 10.00. The summed E-state index contributed by atoms with van der Waals surface area (Å²) in [5, 5.41) is 28.6. The molecule has 1 aromatic rings. The van der Waals surface area contributed by atoms with Crippen LogP contribution >= 0.6 is 23.2 Å². The predicted octanol–water partition coefficient (Wildman–Crippen LogP) is 1.47. The van der Waals surface area contributed by atoms with E-state index in [4.69, 9.17) is 28.3 Å². The second-order valence-corrected chi connectivity index (χ2v) is 3.91. The van der Waals surface area contributed by atoms with Crippen molar-refractivity contribution in [1.29, 1.82) is 0 Å². The van der Waals surface area contributed by atoms with Crippen LogP contribution in [-0.4, -0.2) is 27.3 Å². The number of hydrogen-bond donors (Lipinski definition) is 3. The van der Waals surface area contributed by atoms with Crippen molar-refractivity contribution >= 4 is 23.2 Å². The maximum atomic E-state index is 9.70. The summed E-state index contributed by atoms with van der Waals surface area (Å²) in [5.74, 6) is -0.0747. The minimum atomic E-state index is -1.11. The largest absolute Gasteiger partial charge is 0.392 e. The van der Waals surface area contributed by atoms with Crippen LogP contribution in [0.5, 0.6) is 0 Å². The predicted molar refractivity (Wildman–Crippen MR) is 59.1 cm³/mol. The first-order chi connectivity index (χ1) is 7.10. The number of aliphatic hydroxyl groups is 3. The first-order valence-electron chi connectivity index (χ1n) is 4.41. The Kier molecular flexibility index (Phi) is 4.83. The van der Waals surface area contributed by atoms with Gasteiger partial charge < -0.3 is 15.3 Å². The Balaban J connectivity index is 3.02. The smallest absolute Gasteiger partial charge is 0.106 e. The van der Waals surface area contributed by atoms with Crippen molar-refractivity contribution < 1.29 is 15.3 Å². The fraction of sp³-hybridized carbons (Fsp3) is 0.400. The summed E-state index contributed by atoms with van der Waals surface area (Å²) >= 11 is 11.2. The average molecular weight is 251 g/mol. The number of rotatable bonds is 4. The van der Waals surface area contributed by atoms with Gasteiger partial charge in [-0.3, -0.25) is 0 Å². The molecule has 1 rings (SSSR count). The second-order valence-electron chi connectivity index (χ2n) is 3.17. The van der Waals surface area contributed by atoms with Gasteiger partial charge in [0.15, 0.2) is 0 Å². The molecule has 0 aromatic heterocycles. The van der Waals surface area contributed by atoms with Crippen LogP contribution in [0.3, 0.4) is 0 Å². The van der Waals surface area contributed by atoms with E-state index in [2.05, 4.69) is 0 Å².